The van der Waals surface area contributed by atoms with Gasteiger partial charge in [-0.05, 0) is 61.8 Å². The minimum Gasteiger partial charge on any atom is -0.492 e. The number of piperidine rings is 1. The molecule has 6 nitrogen and oxygen atoms in total. The van der Waals surface area contributed by atoms with E-state index >= 15 is 0 Å². The Kier molecular flexibility index (Phi) is 6.44. The quantitative estimate of drug-likeness (QED) is 0.738. The number of nitrogens with zero attached hydrogens (tertiary/aromatic N) is 1. The molecule has 30 heavy (non-hydrogen) atoms. The van der Waals surface area contributed by atoms with Crippen LogP contribution in [0.2, 0.25) is 0 Å². The van der Waals surface area contributed by atoms with E-state index in [4.69, 9.17) is 4.74 Å². The molecule has 0 atom stereocenters. The Morgan fingerprint density at radius 3 is 2.53 bits per heavy atom. The number of ether oxygens (including phenoxy) is 1. The van der Waals surface area contributed by atoms with Gasteiger partial charge >= 0.3 is 0 Å². The van der Waals surface area contributed by atoms with Crippen molar-refractivity contribution in [1.29, 1.82) is 0 Å². The van der Waals surface area contributed by atoms with E-state index in [1.165, 1.54) is 19.3 Å². The Bertz CT molecular complexity index is 931. The monoisotopic (exact) mass is 405 g/mol. The standard InChI is InChI=1S/C24H27N3O3/c28-23-16-19(17-25-23)21-6-2-3-7-22(21)26-24(29)18-8-10-20(11-9-18)30-15-14-27-12-4-1-5-13-27/h2-3,6-11,17H,1,4-5,12-16H2,(H,25,28)(H,26,29). The third-order valence-corrected chi connectivity index (χ3v) is 5.52. The summed E-state index contributed by atoms with van der Waals surface area (Å²) in [6, 6.07) is 14.7. The Morgan fingerprint density at radius 1 is 1.03 bits per heavy atom. The number of rotatable bonds is 7. The van der Waals surface area contributed by atoms with Crippen LogP contribution in [-0.4, -0.2) is 43.0 Å². The average molecular weight is 405 g/mol. The Morgan fingerprint density at radius 2 is 1.80 bits per heavy atom. The topological polar surface area (TPSA) is 70.7 Å². The number of para-hydroxylation sites is 1. The summed E-state index contributed by atoms with van der Waals surface area (Å²) in [6.45, 7) is 3.91. The van der Waals surface area contributed by atoms with E-state index in [1.54, 1.807) is 18.3 Å². The van der Waals surface area contributed by atoms with Crippen molar-refractivity contribution in [2.24, 2.45) is 0 Å². The first-order chi connectivity index (χ1) is 14.7. The van der Waals surface area contributed by atoms with Gasteiger partial charge in [-0.2, -0.15) is 0 Å². The highest BCUT2D eigenvalue weighted by Gasteiger charge is 2.18. The fraction of sp³-hybridized carbons (Fsp3) is 0.333. The van der Waals surface area contributed by atoms with Crippen molar-refractivity contribution in [3.63, 3.8) is 0 Å². The number of hydrogen-bond donors (Lipinski definition) is 2. The van der Waals surface area contributed by atoms with E-state index in [0.29, 0.717) is 24.3 Å². The van der Waals surface area contributed by atoms with Crippen LogP contribution in [0.15, 0.2) is 54.7 Å². The van der Waals surface area contributed by atoms with Crippen molar-refractivity contribution in [2.75, 3.05) is 31.6 Å². The zero-order valence-corrected chi connectivity index (χ0v) is 17.0. The highest BCUT2D eigenvalue weighted by Crippen LogP contribution is 2.28. The largest absolute Gasteiger partial charge is 0.492 e. The van der Waals surface area contributed by atoms with E-state index in [9.17, 15) is 9.59 Å². The molecule has 1 saturated heterocycles. The molecule has 6 heteroatoms. The minimum absolute atomic E-state index is 0.0398. The van der Waals surface area contributed by atoms with Crippen molar-refractivity contribution in [2.45, 2.75) is 25.7 Å². The Hall–Kier alpha value is -3.12. The summed E-state index contributed by atoms with van der Waals surface area (Å²) >= 11 is 0. The third-order valence-electron chi connectivity index (χ3n) is 5.52. The highest BCUT2D eigenvalue weighted by atomic mass is 16.5. The van der Waals surface area contributed by atoms with Gasteiger partial charge in [-0.3, -0.25) is 14.5 Å². The van der Waals surface area contributed by atoms with Crippen LogP contribution < -0.4 is 15.4 Å². The molecule has 2 aromatic rings. The lowest BCUT2D eigenvalue weighted by Gasteiger charge is -2.26. The predicted molar refractivity (Wildman–Crippen MR) is 117 cm³/mol. The van der Waals surface area contributed by atoms with Crippen molar-refractivity contribution in [3.05, 3.63) is 65.9 Å². The van der Waals surface area contributed by atoms with Gasteiger partial charge < -0.3 is 15.4 Å². The number of likely N-dealkylation sites (tertiary alicyclic amines) is 1. The maximum atomic E-state index is 12.7. The molecule has 0 radical (unpaired) electrons. The molecular weight excluding hydrogens is 378 g/mol. The highest BCUT2D eigenvalue weighted by molar-refractivity contribution is 6.06. The van der Waals surface area contributed by atoms with Gasteiger partial charge in [0.1, 0.15) is 12.4 Å². The van der Waals surface area contributed by atoms with E-state index < -0.39 is 0 Å². The average Bonchev–Trinajstić information content (AvgIpc) is 3.21. The molecule has 2 aliphatic rings. The summed E-state index contributed by atoms with van der Waals surface area (Å²) in [5, 5.41) is 5.65. The fourth-order valence-electron chi connectivity index (χ4n) is 3.86. The minimum atomic E-state index is -0.194. The van der Waals surface area contributed by atoms with Crippen LogP contribution in [0.25, 0.3) is 5.57 Å². The van der Waals surface area contributed by atoms with E-state index in [-0.39, 0.29) is 11.8 Å². The molecule has 4 rings (SSSR count). The van der Waals surface area contributed by atoms with Gasteiger partial charge in [-0.1, -0.05) is 24.6 Å². The van der Waals surface area contributed by atoms with Gasteiger partial charge in [-0.25, -0.2) is 0 Å². The maximum Gasteiger partial charge on any atom is 0.255 e. The molecule has 0 unspecified atom stereocenters. The van der Waals surface area contributed by atoms with Crippen LogP contribution in [0.3, 0.4) is 0 Å². The van der Waals surface area contributed by atoms with Gasteiger partial charge in [0.2, 0.25) is 5.91 Å². The molecule has 2 aliphatic heterocycles. The van der Waals surface area contributed by atoms with Gasteiger partial charge in [0, 0.05) is 29.6 Å². The lowest BCUT2D eigenvalue weighted by atomic mass is 10.0. The molecule has 0 saturated carbocycles. The maximum absolute atomic E-state index is 12.7. The fourth-order valence-corrected chi connectivity index (χ4v) is 3.86. The number of benzene rings is 2. The van der Waals surface area contributed by atoms with Crippen LogP contribution in [0.4, 0.5) is 5.69 Å². The SMILES string of the molecule is O=C1CC(c2ccccc2NC(=O)c2ccc(OCCN3CCCCC3)cc2)=CN1. The second kappa shape index (κ2) is 9.59. The number of hydrogen-bond acceptors (Lipinski definition) is 4. The van der Waals surface area contributed by atoms with Crippen LogP contribution in [0.5, 0.6) is 5.75 Å². The van der Waals surface area contributed by atoms with Gasteiger partial charge in [-0.15, -0.1) is 0 Å². The lowest BCUT2D eigenvalue weighted by molar-refractivity contribution is -0.118. The van der Waals surface area contributed by atoms with E-state index in [1.807, 2.05) is 36.4 Å². The summed E-state index contributed by atoms with van der Waals surface area (Å²) < 4.78 is 5.84. The molecule has 2 heterocycles. The third kappa shape index (κ3) is 5.07. The van der Waals surface area contributed by atoms with Crippen molar-refractivity contribution >= 4 is 23.1 Å². The molecule has 2 N–H and O–H groups in total. The van der Waals surface area contributed by atoms with Gasteiger partial charge in [0.25, 0.3) is 5.91 Å². The normalized spacial score (nSPS) is 16.7. The number of anilines is 1. The molecule has 2 amide bonds. The molecule has 0 aliphatic carbocycles. The second-order valence-electron chi connectivity index (χ2n) is 7.69. The first kappa shape index (κ1) is 20.2. The lowest BCUT2D eigenvalue weighted by Crippen LogP contribution is -2.33. The number of carbonyl (C=O) groups excluding carboxylic acids is 2. The van der Waals surface area contributed by atoms with Crippen molar-refractivity contribution < 1.29 is 14.3 Å². The molecule has 0 spiro atoms. The van der Waals surface area contributed by atoms with Crippen molar-refractivity contribution in [1.82, 2.24) is 10.2 Å². The second-order valence-corrected chi connectivity index (χ2v) is 7.69. The zero-order chi connectivity index (χ0) is 20.8. The smallest absolute Gasteiger partial charge is 0.255 e. The summed E-state index contributed by atoms with van der Waals surface area (Å²) in [5.74, 6) is 0.534. The van der Waals surface area contributed by atoms with Crippen LogP contribution in [-0.2, 0) is 4.79 Å². The summed E-state index contributed by atoms with van der Waals surface area (Å²) in [4.78, 5) is 26.7. The molecule has 0 bridgehead atoms. The Labute approximate surface area is 176 Å². The molecular formula is C24H27N3O3. The van der Waals surface area contributed by atoms with E-state index in [2.05, 4.69) is 15.5 Å². The molecule has 2 aromatic carbocycles. The number of nitrogens with one attached hydrogen (secondary N) is 2. The number of carbonyl (C=O) groups is 2. The predicted octanol–water partition coefficient (Wildman–Crippen LogP) is 3.66. The first-order valence-electron chi connectivity index (χ1n) is 10.5. The summed E-state index contributed by atoms with van der Waals surface area (Å²) in [5.41, 5.74) is 2.96. The number of amides is 2. The van der Waals surface area contributed by atoms with Crippen LogP contribution >= 0.6 is 0 Å². The molecule has 156 valence electrons. The van der Waals surface area contributed by atoms with Crippen LogP contribution in [0, 0.1) is 0 Å². The Balaban J connectivity index is 1.34. The summed E-state index contributed by atoms with van der Waals surface area (Å²) in [6.07, 6.45) is 5.89. The zero-order valence-electron chi connectivity index (χ0n) is 17.0. The molecule has 0 aromatic heterocycles. The van der Waals surface area contributed by atoms with Crippen LogP contribution in [0.1, 0.15) is 41.6 Å². The van der Waals surface area contributed by atoms with E-state index in [0.717, 1.165) is 36.5 Å². The first-order valence-corrected chi connectivity index (χ1v) is 10.5. The van der Waals surface area contributed by atoms with Crippen molar-refractivity contribution in [3.8, 4) is 5.75 Å². The van der Waals surface area contributed by atoms with Gasteiger partial charge in [0.15, 0.2) is 0 Å². The molecule has 1 fully saturated rings. The summed E-state index contributed by atoms with van der Waals surface area (Å²) in [7, 11) is 0. The van der Waals surface area contributed by atoms with Gasteiger partial charge in [0.05, 0.1) is 6.42 Å².